The molecule has 2 heterocycles. The molecule has 3 rings (SSSR count). The number of aromatic nitrogens is 1. The number of amides is 2. The zero-order valence-corrected chi connectivity index (χ0v) is 40.2. The SMILES string of the molecule is C=Cc1c(F)c(F)c(F)c(OC(=O)c2csc([C@@H](C[C@H](C(C)C)N(CCCCCC)C(=O)[C@@H](NC(=O)[I-][C@H]3CCCCN3CC(=O)OC(C)(C)C)[C@@H](C)CC)OC(C)=O)n2)c1F. The quantitative estimate of drug-likeness (QED) is 0.0135. The number of likely N-dealkylation sites (tertiary alicyclic amines) is 1. The normalized spacial score (nSPS) is 16.6. The average molecular weight is 1010 g/mol. The van der Waals surface area contributed by atoms with Crippen LogP contribution in [-0.4, -0.2) is 83.9 Å². The van der Waals surface area contributed by atoms with Crippen LogP contribution in [0.25, 0.3) is 6.08 Å². The number of esters is 3. The number of hydrogen-bond donors (Lipinski definition) is 1. The number of carbonyl (C=O) groups excluding carboxylic acids is 5. The van der Waals surface area contributed by atoms with Crippen LogP contribution in [-0.2, 0) is 23.9 Å². The molecule has 1 fully saturated rings. The van der Waals surface area contributed by atoms with Crippen molar-refractivity contribution in [2.45, 2.75) is 148 Å². The fraction of sp³-hybridized carbons (Fsp3) is 0.636. The topological polar surface area (TPSA) is 144 Å². The summed E-state index contributed by atoms with van der Waals surface area (Å²) >= 11 is -0.304. The number of hydrogen-bond acceptors (Lipinski definition) is 11. The number of unbranched alkanes of at least 4 members (excludes halogenated alkanes) is 3. The van der Waals surface area contributed by atoms with Gasteiger partial charge in [0.15, 0.2) is 17.5 Å². The van der Waals surface area contributed by atoms with Crippen molar-refractivity contribution in [3.8, 4) is 5.75 Å². The number of halogens is 5. The fourth-order valence-corrected chi connectivity index (χ4v) is 10.6. The van der Waals surface area contributed by atoms with Gasteiger partial charge >= 0.3 is 305 Å². The van der Waals surface area contributed by atoms with Gasteiger partial charge in [0.05, 0.1) is 5.56 Å². The Balaban J connectivity index is 1.93. The average Bonchev–Trinajstić information content (AvgIpc) is 3.70. The summed E-state index contributed by atoms with van der Waals surface area (Å²) < 4.78 is 73.6. The van der Waals surface area contributed by atoms with Crippen LogP contribution in [0, 0.1) is 35.1 Å². The molecule has 1 saturated heterocycles. The molecule has 1 aliphatic rings. The zero-order chi connectivity index (χ0) is 46.5. The van der Waals surface area contributed by atoms with E-state index in [1.165, 1.54) is 12.3 Å². The molecule has 1 aromatic heterocycles. The summed E-state index contributed by atoms with van der Waals surface area (Å²) in [7, 11) is 0. The molecule has 5 atom stereocenters. The van der Waals surface area contributed by atoms with Crippen molar-refractivity contribution >= 4 is 45.1 Å². The molecule has 0 aliphatic carbocycles. The van der Waals surface area contributed by atoms with Gasteiger partial charge in [0, 0.05) is 0 Å². The minimum absolute atomic E-state index is 0.0314. The van der Waals surface area contributed by atoms with Gasteiger partial charge in [-0.1, -0.05) is 12.7 Å². The number of carbonyl (C=O) groups is 5. The summed E-state index contributed by atoms with van der Waals surface area (Å²) in [5.74, 6) is -12.3. The molecular formula is C44H62F4IN4O8S-. The first-order chi connectivity index (χ1) is 29.1. The molecule has 62 heavy (non-hydrogen) atoms. The van der Waals surface area contributed by atoms with E-state index in [0.29, 0.717) is 32.0 Å². The fourth-order valence-electron chi connectivity index (χ4n) is 7.02. The molecule has 0 spiro atoms. The van der Waals surface area contributed by atoms with Gasteiger partial charge < -0.3 is 4.74 Å². The Labute approximate surface area is 377 Å². The molecule has 1 N–H and O–H groups in total. The first kappa shape index (κ1) is 52.7. The molecule has 12 nitrogen and oxygen atoms in total. The molecule has 0 unspecified atom stereocenters. The van der Waals surface area contributed by atoms with Gasteiger partial charge in [-0.15, -0.1) is 0 Å². The Morgan fingerprint density at radius 1 is 1.03 bits per heavy atom. The van der Waals surface area contributed by atoms with E-state index in [9.17, 15) is 41.5 Å². The number of rotatable bonds is 22. The minimum Gasteiger partial charge on any atom is -0.202 e. The van der Waals surface area contributed by atoms with E-state index in [-0.39, 0.29) is 49.6 Å². The molecule has 348 valence electrons. The molecule has 2 amide bonds. The number of nitrogens with one attached hydrogen (secondary N) is 1. The summed E-state index contributed by atoms with van der Waals surface area (Å²) in [6.45, 7) is 20.6. The summed E-state index contributed by atoms with van der Waals surface area (Å²) in [6, 6.07) is -1.45. The van der Waals surface area contributed by atoms with Crippen molar-refractivity contribution in [2.75, 3.05) is 19.6 Å². The third-order valence-electron chi connectivity index (χ3n) is 10.4. The summed E-state index contributed by atoms with van der Waals surface area (Å²) in [6.07, 6.45) is 6.09. The Morgan fingerprint density at radius 2 is 1.73 bits per heavy atom. The number of piperidine rings is 1. The standard InChI is InChI=1S/C44H62F4IN4O8S/c1-11-14-15-17-21-53(41(56)38(26(6)12-2)51-43(58)49-32-19-16-18-20-52(32)23-33(55)61-44(8,9)10)30(25(4)5)22-31(59-27(7)54)40-50-29(24-62-40)42(57)60-39-35(46)28(13-3)34(45)36(47)37(39)48/h13,24-26,30-32,38H,3,11-12,14-23H2,1-2,4-10H3,(H,51,58)/q-1/t26-,30+,31+,32+,38-/m0/s1. The Hall–Kier alpha value is -3.65. The second kappa shape index (κ2) is 24.4. The van der Waals surface area contributed by atoms with Crippen molar-refractivity contribution in [1.29, 1.82) is 0 Å². The van der Waals surface area contributed by atoms with E-state index >= 15 is 0 Å². The summed E-state index contributed by atoms with van der Waals surface area (Å²) in [5, 5.41) is 4.41. The third-order valence-corrected chi connectivity index (χ3v) is 14.3. The van der Waals surface area contributed by atoms with Gasteiger partial charge in [-0.25, -0.2) is 18.0 Å². The first-order valence-electron chi connectivity index (χ1n) is 21.2. The second-order valence-corrected chi connectivity index (χ2v) is 20.7. The van der Waals surface area contributed by atoms with Crippen LogP contribution in [0.5, 0.6) is 5.75 Å². The van der Waals surface area contributed by atoms with Crippen LogP contribution < -0.4 is 31.3 Å². The van der Waals surface area contributed by atoms with Crippen LogP contribution in [0.3, 0.4) is 0 Å². The Morgan fingerprint density at radius 3 is 2.32 bits per heavy atom. The van der Waals surface area contributed by atoms with Crippen LogP contribution in [0.1, 0.15) is 147 Å². The predicted octanol–water partition coefficient (Wildman–Crippen LogP) is 6.36. The van der Waals surface area contributed by atoms with E-state index in [1.54, 1.807) is 4.90 Å². The summed E-state index contributed by atoms with van der Waals surface area (Å²) in [5.41, 5.74) is -2.12. The van der Waals surface area contributed by atoms with E-state index < -0.39 is 97.2 Å². The van der Waals surface area contributed by atoms with Gasteiger partial charge in [0.25, 0.3) is 0 Å². The molecule has 0 bridgehead atoms. The number of thiazole rings is 1. The zero-order valence-electron chi connectivity index (χ0n) is 37.2. The smallest absolute Gasteiger partial charge is 0.179 e. The number of benzene rings is 1. The van der Waals surface area contributed by atoms with Crippen molar-refractivity contribution in [3.05, 3.63) is 51.5 Å². The Kier molecular flexibility index (Phi) is 20.8. The maximum atomic E-state index is 14.9. The van der Waals surface area contributed by atoms with E-state index in [4.69, 9.17) is 14.2 Å². The van der Waals surface area contributed by atoms with Crippen LogP contribution in [0.15, 0.2) is 12.0 Å². The number of ether oxygens (including phenoxy) is 3. The van der Waals surface area contributed by atoms with Gasteiger partial charge in [-0.2, -0.15) is 4.39 Å². The molecule has 0 radical (unpaired) electrons. The molecule has 0 saturated carbocycles. The Bertz CT molecular complexity index is 1890. The van der Waals surface area contributed by atoms with Crippen molar-refractivity contribution in [1.82, 2.24) is 20.1 Å². The van der Waals surface area contributed by atoms with Crippen molar-refractivity contribution in [2.24, 2.45) is 11.8 Å². The summed E-state index contributed by atoms with van der Waals surface area (Å²) in [4.78, 5) is 75.3. The van der Waals surface area contributed by atoms with Gasteiger partial charge in [-0.05, 0) is 0 Å². The molecule has 1 aromatic carbocycles. The molecule has 1 aliphatic heterocycles. The molecule has 2 aromatic rings. The largest absolute Gasteiger partial charge is 0.202 e. The van der Waals surface area contributed by atoms with Crippen LogP contribution >= 0.6 is 11.3 Å². The van der Waals surface area contributed by atoms with E-state index in [1.807, 2.05) is 53.4 Å². The minimum atomic E-state index is -2.06. The third kappa shape index (κ3) is 15.0. The van der Waals surface area contributed by atoms with Crippen LogP contribution in [0.4, 0.5) is 22.4 Å². The van der Waals surface area contributed by atoms with Gasteiger partial charge in [0.2, 0.25) is 11.6 Å². The first-order valence-corrected chi connectivity index (χ1v) is 24.4. The number of nitrogens with zero attached hydrogens (tertiary/aromatic N) is 3. The number of alkyl halides is 1. The van der Waals surface area contributed by atoms with Gasteiger partial charge in [0.1, 0.15) is 0 Å². The second-order valence-electron chi connectivity index (χ2n) is 16.8. The molecule has 18 heteroatoms. The van der Waals surface area contributed by atoms with E-state index in [0.717, 1.165) is 49.9 Å². The monoisotopic (exact) mass is 1010 g/mol. The van der Waals surface area contributed by atoms with Crippen molar-refractivity contribution < 1.29 is 77.0 Å². The van der Waals surface area contributed by atoms with Crippen LogP contribution in [0.2, 0.25) is 0 Å². The predicted molar refractivity (Wildman–Crippen MR) is 224 cm³/mol. The maximum absolute atomic E-state index is 14.9. The maximum Gasteiger partial charge on any atom is 0.179 e. The molecular weight excluding hydrogens is 947 g/mol. The van der Waals surface area contributed by atoms with Gasteiger partial charge in [-0.3, -0.25) is 0 Å². The van der Waals surface area contributed by atoms with E-state index in [2.05, 4.69) is 23.8 Å². The van der Waals surface area contributed by atoms with Crippen molar-refractivity contribution in [3.63, 3.8) is 0 Å².